The molecule has 1 N–H and O–H groups in total. The Kier molecular flexibility index (Phi) is 6.32. The summed E-state index contributed by atoms with van der Waals surface area (Å²) in [5.74, 6) is -0.0109. The van der Waals surface area contributed by atoms with Crippen molar-refractivity contribution in [1.29, 1.82) is 0 Å². The lowest BCUT2D eigenvalue weighted by Gasteiger charge is -2.15. The third-order valence-corrected chi connectivity index (χ3v) is 5.93. The van der Waals surface area contributed by atoms with E-state index in [4.69, 9.17) is 31.2 Å². The van der Waals surface area contributed by atoms with E-state index in [1.807, 2.05) is 30.1 Å². The zero-order chi connectivity index (χ0) is 23.7. The normalized spacial score (nSPS) is 13.2. The van der Waals surface area contributed by atoms with Crippen LogP contribution in [0.3, 0.4) is 0 Å². The second-order valence-corrected chi connectivity index (χ2v) is 8.43. The number of pyridine rings is 1. The number of rotatable bonds is 7. The summed E-state index contributed by atoms with van der Waals surface area (Å²) < 4.78 is 28.8. The Labute approximate surface area is 201 Å². The Morgan fingerprint density at radius 1 is 1.15 bits per heavy atom. The highest BCUT2D eigenvalue weighted by molar-refractivity contribution is 6.33. The van der Waals surface area contributed by atoms with E-state index in [1.54, 1.807) is 24.1 Å². The second-order valence-electron chi connectivity index (χ2n) is 8.02. The molecule has 0 unspecified atom stereocenters. The highest BCUT2D eigenvalue weighted by atomic mass is 35.5. The summed E-state index contributed by atoms with van der Waals surface area (Å²) >= 11 is 6.72. The number of hydrogen-bond donors (Lipinski definition) is 1. The van der Waals surface area contributed by atoms with Gasteiger partial charge in [-0.15, -0.1) is 0 Å². The van der Waals surface area contributed by atoms with Gasteiger partial charge in [0.15, 0.2) is 0 Å². The van der Waals surface area contributed by atoms with Gasteiger partial charge in [0.05, 0.1) is 41.5 Å². The van der Waals surface area contributed by atoms with Crippen molar-refractivity contribution in [3.63, 3.8) is 0 Å². The number of halogens is 2. The number of methoxy groups -OCH3 is 1. The molecular weight excluding hydrogens is 459 g/mol. The van der Waals surface area contributed by atoms with Crippen molar-refractivity contribution in [3.8, 4) is 39.5 Å². The fourth-order valence-electron chi connectivity index (χ4n) is 4.02. The SMILES string of the molecule is COCCOc1cc(F)ccc1-c1cc(Cl)c(-c2cnn(C)c2)nc1-c1cc2n(n1)CCNC2. The van der Waals surface area contributed by atoms with Crippen molar-refractivity contribution in [2.24, 2.45) is 7.05 Å². The maximum atomic E-state index is 14.1. The highest BCUT2D eigenvalue weighted by Gasteiger charge is 2.22. The molecule has 4 heterocycles. The number of aromatic nitrogens is 5. The molecule has 1 aliphatic rings. The predicted molar refractivity (Wildman–Crippen MR) is 127 cm³/mol. The van der Waals surface area contributed by atoms with Crippen molar-refractivity contribution in [3.05, 3.63) is 59.3 Å². The highest BCUT2D eigenvalue weighted by Crippen LogP contribution is 2.41. The first-order valence-corrected chi connectivity index (χ1v) is 11.3. The van der Waals surface area contributed by atoms with Gasteiger partial charge in [-0.25, -0.2) is 9.37 Å². The van der Waals surface area contributed by atoms with Gasteiger partial charge >= 0.3 is 0 Å². The smallest absolute Gasteiger partial charge is 0.130 e. The summed E-state index contributed by atoms with van der Waals surface area (Å²) in [7, 11) is 3.43. The van der Waals surface area contributed by atoms with Gasteiger partial charge < -0.3 is 14.8 Å². The molecule has 4 aromatic rings. The van der Waals surface area contributed by atoms with Crippen LogP contribution in [-0.2, 0) is 24.9 Å². The molecular formula is C24H24ClFN6O2. The van der Waals surface area contributed by atoms with Crippen LogP contribution in [0.5, 0.6) is 5.75 Å². The first-order chi connectivity index (χ1) is 16.5. The lowest BCUT2D eigenvalue weighted by atomic mass is 9.99. The third-order valence-electron chi connectivity index (χ3n) is 5.65. The first-order valence-electron chi connectivity index (χ1n) is 10.9. The summed E-state index contributed by atoms with van der Waals surface area (Å²) in [4.78, 5) is 4.95. The van der Waals surface area contributed by atoms with Crippen LogP contribution in [0.1, 0.15) is 5.69 Å². The summed E-state index contributed by atoms with van der Waals surface area (Å²) in [6.07, 6.45) is 3.58. The van der Waals surface area contributed by atoms with E-state index < -0.39 is 5.82 Å². The molecule has 1 aliphatic heterocycles. The van der Waals surface area contributed by atoms with Gasteiger partial charge in [0, 0.05) is 56.2 Å². The summed E-state index contributed by atoms with van der Waals surface area (Å²) in [6.45, 7) is 3.01. The Morgan fingerprint density at radius 3 is 2.79 bits per heavy atom. The van der Waals surface area contributed by atoms with Crippen LogP contribution in [0, 0.1) is 5.82 Å². The van der Waals surface area contributed by atoms with Crippen LogP contribution in [0.4, 0.5) is 4.39 Å². The van der Waals surface area contributed by atoms with E-state index in [9.17, 15) is 4.39 Å². The zero-order valence-corrected chi connectivity index (χ0v) is 19.6. The van der Waals surface area contributed by atoms with E-state index in [0.29, 0.717) is 45.6 Å². The molecule has 0 atom stereocenters. The first kappa shape index (κ1) is 22.5. The van der Waals surface area contributed by atoms with E-state index in [-0.39, 0.29) is 6.61 Å². The Morgan fingerprint density at radius 2 is 2.03 bits per heavy atom. The van der Waals surface area contributed by atoms with Crippen LogP contribution >= 0.6 is 11.6 Å². The fraction of sp³-hybridized carbons (Fsp3) is 0.292. The fourth-order valence-corrected chi connectivity index (χ4v) is 4.28. The van der Waals surface area contributed by atoms with E-state index >= 15 is 0 Å². The predicted octanol–water partition coefficient (Wildman–Crippen LogP) is 3.93. The lowest BCUT2D eigenvalue weighted by Crippen LogP contribution is -2.28. The Hall–Kier alpha value is -3.27. The molecule has 0 aliphatic carbocycles. The van der Waals surface area contributed by atoms with Gasteiger partial charge in [-0.2, -0.15) is 10.2 Å². The molecule has 0 fully saturated rings. The molecule has 3 aromatic heterocycles. The summed E-state index contributed by atoms with van der Waals surface area (Å²) in [5, 5.41) is 12.9. The molecule has 0 saturated heterocycles. The molecule has 0 saturated carbocycles. The standard InChI is InChI=1S/C24H24ClFN6O2/c1-31-14-15(12-28-31)23-20(25)11-19(18-4-3-16(26)9-22(18)34-8-7-33-2)24(29-23)21-10-17-13-27-5-6-32(17)30-21/h3-4,9-12,14,27H,5-8,13H2,1-2H3. The minimum absolute atomic E-state index is 0.279. The third kappa shape index (κ3) is 4.42. The summed E-state index contributed by atoms with van der Waals surface area (Å²) in [5.41, 5.74) is 5.18. The minimum Gasteiger partial charge on any atom is -0.490 e. The molecule has 34 heavy (non-hydrogen) atoms. The molecule has 0 spiro atoms. The maximum absolute atomic E-state index is 14.1. The van der Waals surface area contributed by atoms with Crippen LogP contribution in [0.15, 0.2) is 42.7 Å². The number of nitrogens with zero attached hydrogens (tertiary/aromatic N) is 5. The van der Waals surface area contributed by atoms with Gasteiger partial charge in [0.1, 0.15) is 23.9 Å². The topological polar surface area (TPSA) is 79.0 Å². The van der Waals surface area contributed by atoms with Gasteiger partial charge in [-0.3, -0.25) is 9.36 Å². The van der Waals surface area contributed by atoms with Crippen molar-refractivity contribution in [2.45, 2.75) is 13.1 Å². The van der Waals surface area contributed by atoms with Crippen LogP contribution in [0.25, 0.3) is 33.8 Å². The van der Waals surface area contributed by atoms with E-state index in [2.05, 4.69) is 10.4 Å². The lowest BCUT2D eigenvalue weighted by molar-refractivity contribution is 0.146. The van der Waals surface area contributed by atoms with Gasteiger partial charge in [-0.05, 0) is 24.3 Å². The molecule has 5 rings (SSSR count). The molecule has 0 radical (unpaired) electrons. The second kappa shape index (κ2) is 9.54. The average Bonchev–Trinajstić information content (AvgIpc) is 3.45. The van der Waals surface area contributed by atoms with E-state index in [0.717, 1.165) is 30.9 Å². The largest absolute Gasteiger partial charge is 0.490 e. The quantitative estimate of drug-likeness (QED) is 0.402. The average molecular weight is 483 g/mol. The molecule has 8 nitrogen and oxygen atoms in total. The molecule has 0 bridgehead atoms. The molecule has 10 heteroatoms. The van der Waals surface area contributed by atoms with Crippen molar-refractivity contribution in [2.75, 3.05) is 26.9 Å². The van der Waals surface area contributed by atoms with Crippen molar-refractivity contribution >= 4 is 11.6 Å². The van der Waals surface area contributed by atoms with Gasteiger partial charge in [0.25, 0.3) is 0 Å². The molecule has 0 amide bonds. The van der Waals surface area contributed by atoms with Crippen LogP contribution < -0.4 is 10.1 Å². The van der Waals surface area contributed by atoms with Gasteiger partial charge in [-0.1, -0.05) is 11.6 Å². The van der Waals surface area contributed by atoms with Crippen LogP contribution in [-0.4, -0.2) is 51.4 Å². The summed E-state index contributed by atoms with van der Waals surface area (Å²) in [6, 6.07) is 8.29. The Bertz CT molecular complexity index is 1310. The monoisotopic (exact) mass is 482 g/mol. The number of nitrogens with one attached hydrogen (secondary N) is 1. The minimum atomic E-state index is -0.396. The number of benzene rings is 1. The number of aryl methyl sites for hydroxylation is 1. The zero-order valence-electron chi connectivity index (χ0n) is 18.9. The van der Waals surface area contributed by atoms with E-state index in [1.165, 1.54) is 12.1 Å². The Balaban J connectivity index is 1.69. The maximum Gasteiger partial charge on any atom is 0.130 e. The van der Waals surface area contributed by atoms with Crippen molar-refractivity contribution < 1.29 is 13.9 Å². The molecule has 176 valence electrons. The van der Waals surface area contributed by atoms with Crippen molar-refractivity contribution in [1.82, 2.24) is 29.9 Å². The molecule has 1 aromatic carbocycles. The number of fused-ring (bicyclic) bond motifs is 1. The number of ether oxygens (including phenoxy) is 2. The van der Waals surface area contributed by atoms with Gasteiger partial charge in [0.2, 0.25) is 0 Å². The number of hydrogen-bond acceptors (Lipinski definition) is 6. The van der Waals surface area contributed by atoms with Crippen LogP contribution in [0.2, 0.25) is 5.02 Å².